The number of alkyl halides is 3. The minimum atomic E-state index is -4.60. The van der Waals surface area contributed by atoms with Crippen LogP contribution in [0.1, 0.15) is 32.9 Å². The average Bonchev–Trinajstić information content (AvgIpc) is 2.53. The Morgan fingerprint density at radius 3 is 2.42 bits per heavy atom. The summed E-state index contributed by atoms with van der Waals surface area (Å²) in [6, 6.07) is 0. The Balaban J connectivity index is 2.63. The number of anilines is 1. The summed E-state index contributed by atoms with van der Waals surface area (Å²) in [5.41, 5.74) is 2.99. The van der Waals surface area contributed by atoms with Crippen molar-refractivity contribution in [3.63, 3.8) is 0 Å². The van der Waals surface area contributed by atoms with E-state index in [4.69, 9.17) is 10.5 Å². The van der Waals surface area contributed by atoms with Crippen LogP contribution in [-0.2, 0) is 22.3 Å². The number of esters is 1. The molecule has 0 bridgehead atoms. The van der Waals surface area contributed by atoms with E-state index < -0.39 is 29.1 Å². The Bertz CT molecular complexity index is 461. The second-order valence-corrected chi connectivity index (χ2v) is 5.03. The van der Waals surface area contributed by atoms with Gasteiger partial charge in [-0.3, -0.25) is 9.48 Å². The zero-order valence-corrected chi connectivity index (χ0v) is 10.9. The molecule has 19 heavy (non-hydrogen) atoms. The van der Waals surface area contributed by atoms with E-state index in [-0.39, 0.29) is 13.0 Å². The van der Waals surface area contributed by atoms with Gasteiger partial charge in [-0.1, -0.05) is 0 Å². The van der Waals surface area contributed by atoms with E-state index in [2.05, 4.69) is 5.10 Å². The van der Waals surface area contributed by atoms with E-state index in [1.54, 1.807) is 20.8 Å². The third-order valence-electron chi connectivity index (χ3n) is 2.02. The minimum Gasteiger partial charge on any atom is -0.460 e. The number of aromatic nitrogens is 2. The SMILES string of the molecule is CC(C)(C)OC(=O)CCn1cc(N)c(C(F)(F)F)n1. The van der Waals surface area contributed by atoms with Gasteiger partial charge in [-0.15, -0.1) is 0 Å². The first-order valence-corrected chi connectivity index (χ1v) is 5.61. The number of rotatable bonds is 3. The van der Waals surface area contributed by atoms with E-state index in [1.807, 2.05) is 0 Å². The first kappa shape index (κ1) is 15.3. The summed E-state index contributed by atoms with van der Waals surface area (Å²) < 4.78 is 43.3. The maximum atomic E-state index is 12.4. The summed E-state index contributed by atoms with van der Waals surface area (Å²) in [4.78, 5) is 11.4. The Labute approximate surface area is 108 Å². The van der Waals surface area contributed by atoms with Crippen LogP contribution in [0.2, 0.25) is 0 Å². The molecule has 108 valence electrons. The number of hydrogen-bond acceptors (Lipinski definition) is 4. The van der Waals surface area contributed by atoms with Crippen LogP contribution in [0.4, 0.5) is 18.9 Å². The molecule has 0 aliphatic heterocycles. The van der Waals surface area contributed by atoms with E-state index in [1.165, 1.54) is 0 Å². The minimum absolute atomic E-state index is 0.0187. The van der Waals surface area contributed by atoms with Gasteiger partial charge in [0.15, 0.2) is 5.69 Å². The van der Waals surface area contributed by atoms with Crippen molar-refractivity contribution in [2.24, 2.45) is 0 Å². The number of halogens is 3. The van der Waals surface area contributed by atoms with Crippen molar-refractivity contribution >= 4 is 11.7 Å². The van der Waals surface area contributed by atoms with Crippen LogP contribution >= 0.6 is 0 Å². The molecule has 0 radical (unpaired) electrons. The topological polar surface area (TPSA) is 70.1 Å². The lowest BCUT2D eigenvalue weighted by Crippen LogP contribution is -2.24. The van der Waals surface area contributed by atoms with Gasteiger partial charge < -0.3 is 10.5 Å². The summed E-state index contributed by atoms with van der Waals surface area (Å²) in [6.07, 6.45) is -3.62. The van der Waals surface area contributed by atoms with Crippen molar-refractivity contribution in [3.8, 4) is 0 Å². The first-order chi connectivity index (χ1) is 8.49. The maximum absolute atomic E-state index is 12.4. The molecule has 1 aromatic heterocycles. The standard InChI is InChI=1S/C11H16F3N3O2/c1-10(2,3)19-8(18)4-5-17-6-7(15)9(16-17)11(12,13)14/h6H,4-5,15H2,1-3H3. The second-order valence-electron chi connectivity index (χ2n) is 5.03. The number of nitrogen functional groups attached to an aromatic ring is 1. The predicted molar refractivity (Wildman–Crippen MR) is 62.1 cm³/mol. The quantitative estimate of drug-likeness (QED) is 0.861. The molecular formula is C11H16F3N3O2. The highest BCUT2D eigenvalue weighted by Gasteiger charge is 2.36. The Kier molecular flexibility index (Phi) is 4.12. The number of carbonyl (C=O) groups is 1. The van der Waals surface area contributed by atoms with Gasteiger partial charge in [0, 0.05) is 6.20 Å². The third-order valence-corrected chi connectivity index (χ3v) is 2.02. The molecule has 8 heteroatoms. The number of aryl methyl sites for hydroxylation is 1. The van der Waals surface area contributed by atoms with Crippen LogP contribution in [0.5, 0.6) is 0 Å². The van der Waals surface area contributed by atoms with Crippen molar-refractivity contribution in [2.75, 3.05) is 5.73 Å². The highest BCUT2D eigenvalue weighted by molar-refractivity contribution is 5.69. The summed E-state index contributed by atoms with van der Waals surface area (Å²) in [5, 5.41) is 3.31. The van der Waals surface area contributed by atoms with Crippen LogP contribution in [0.25, 0.3) is 0 Å². The fraction of sp³-hybridized carbons (Fsp3) is 0.636. The van der Waals surface area contributed by atoms with Crippen LogP contribution in [0.3, 0.4) is 0 Å². The highest BCUT2D eigenvalue weighted by Crippen LogP contribution is 2.31. The van der Waals surface area contributed by atoms with Gasteiger partial charge in [0.1, 0.15) is 5.60 Å². The number of nitrogens with two attached hydrogens (primary N) is 1. The predicted octanol–water partition coefficient (Wildman–Crippen LogP) is 2.22. The van der Waals surface area contributed by atoms with Gasteiger partial charge in [0.2, 0.25) is 0 Å². The lowest BCUT2D eigenvalue weighted by molar-refractivity contribution is -0.155. The molecular weight excluding hydrogens is 263 g/mol. The van der Waals surface area contributed by atoms with Gasteiger partial charge in [-0.05, 0) is 20.8 Å². The molecule has 2 N–H and O–H groups in total. The van der Waals surface area contributed by atoms with Gasteiger partial charge in [0.05, 0.1) is 18.7 Å². The molecule has 0 aliphatic carbocycles. The first-order valence-electron chi connectivity index (χ1n) is 5.61. The van der Waals surface area contributed by atoms with Gasteiger partial charge >= 0.3 is 12.1 Å². The molecule has 0 amide bonds. The molecule has 0 saturated heterocycles. The monoisotopic (exact) mass is 279 g/mol. The summed E-state index contributed by atoms with van der Waals surface area (Å²) in [7, 11) is 0. The Morgan fingerprint density at radius 1 is 1.42 bits per heavy atom. The number of ether oxygens (including phenoxy) is 1. The van der Waals surface area contributed by atoms with Crippen molar-refractivity contribution < 1.29 is 22.7 Å². The van der Waals surface area contributed by atoms with E-state index in [9.17, 15) is 18.0 Å². The number of carbonyl (C=O) groups excluding carboxylic acids is 1. The van der Waals surface area contributed by atoms with Crippen LogP contribution in [0.15, 0.2) is 6.20 Å². The molecule has 0 fully saturated rings. The lowest BCUT2D eigenvalue weighted by Gasteiger charge is -2.19. The lowest BCUT2D eigenvalue weighted by atomic mass is 10.2. The third kappa shape index (κ3) is 4.80. The van der Waals surface area contributed by atoms with Crippen LogP contribution in [-0.4, -0.2) is 21.4 Å². The molecule has 0 aromatic carbocycles. The van der Waals surface area contributed by atoms with Crippen molar-refractivity contribution in [2.45, 2.75) is 45.5 Å². The fourth-order valence-electron chi connectivity index (χ4n) is 1.37. The molecule has 0 saturated carbocycles. The summed E-state index contributed by atoms with van der Waals surface area (Å²) in [5.74, 6) is -0.505. The van der Waals surface area contributed by atoms with Gasteiger partial charge in [-0.25, -0.2) is 0 Å². The Hall–Kier alpha value is -1.73. The smallest absolute Gasteiger partial charge is 0.437 e. The summed E-state index contributed by atoms with van der Waals surface area (Å²) >= 11 is 0. The molecule has 0 unspecified atom stereocenters. The zero-order chi connectivity index (χ0) is 14.8. The fourth-order valence-corrected chi connectivity index (χ4v) is 1.37. The molecule has 0 atom stereocenters. The molecule has 1 aromatic rings. The van der Waals surface area contributed by atoms with Crippen molar-refractivity contribution in [1.29, 1.82) is 0 Å². The summed E-state index contributed by atoms with van der Waals surface area (Å²) in [6.45, 7) is 5.10. The Morgan fingerprint density at radius 2 is 2.00 bits per heavy atom. The maximum Gasteiger partial charge on any atom is 0.437 e. The van der Waals surface area contributed by atoms with Crippen molar-refractivity contribution in [3.05, 3.63) is 11.9 Å². The molecule has 0 aliphatic rings. The van der Waals surface area contributed by atoms with Gasteiger partial charge in [-0.2, -0.15) is 18.3 Å². The number of nitrogens with zero attached hydrogens (tertiary/aromatic N) is 2. The second kappa shape index (κ2) is 5.10. The van der Waals surface area contributed by atoms with E-state index >= 15 is 0 Å². The molecule has 1 rings (SSSR count). The van der Waals surface area contributed by atoms with Crippen LogP contribution < -0.4 is 5.73 Å². The molecule has 0 spiro atoms. The van der Waals surface area contributed by atoms with Crippen LogP contribution in [0, 0.1) is 0 Å². The normalized spacial score (nSPS) is 12.5. The highest BCUT2D eigenvalue weighted by atomic mass is 19.4. The zero-order valence-electron chi connectivity index (χ0n) is 10.9. The average molecular weight is 279 g/mol. The van der Waals surface area contributed by atoms with E-state index in [0.717, 1.165) is 10.9 Å². The molecule has 1 heterocycles. The molecule has 5 nitrogen and oxygen atoms in total. The van der Waals surface area contributed by atoms with Gasteiger partial charge in [0.25, 0.3) is 0 Å². The largest absolute Gasteiger partial charge is 0.460 e. The van der Waals surface area contributed by atoms with Crippen molar-refractivity contribution in [1.82, 2.24) is 9.78 Å². The number of hydrogen-bond donors (Lipinski definition) is 1. The van der Waals surface area contributed by atoms with E-state index in [0.29, 0.717) is 0 Å².